The highest BCUT2D eigenvalue weighted by Crippen LogP contribution is 2.19. The number of benzene rings is 1. The van der Waals surface area contributed by atoms with Gasteiger partial charge >= 0.3 is 6.03 Å². The van der Waals surface area contributed by atoms with Crippen molar-refractivity contribution in [2.24, 2.45) is 0 Å². The summed E-state index contributed by atoms with van der Waals surface area (Å²) in [6.45, 7) is 5.40. The van der Waals surface area contributed by atoms with Gasteiger partial charge in [-0.05, 0) is 39.0 Å². The van der Waals surface area contributed by atoms with E-state index >= 15 is 0 Å². The fourth-order valence-corrected chi connectivity index (χ4v) is 1.71. The van der Waals surface area contributed by atoms with Crippen LogP contribution in [-0.4, -0.2) is 36.0 Å². The van der Waals surface area contributed by atoms with Gasteiger partial charge in [0.25, 0.3) is 0 Å². The van der Waals surface area contributed by atoms with Gasteiger partial charge in [0.05, 0.1) is 5.69 Å². The van der Waals surface area contributed by atoms with E-state index in [4.69, 9.17) is 11.6 Å². The summed E-state index contributed by atoms with van der Waals surface area (Å²) in [6.07, 6.45) is 0. The molecule has 0 aromatic heterocycles. The molecule has 0 unspecified atom stereocenters. The third-order valence-electron chi connectivity index (χ3n) is 2.41. The number of carbonyl (C=O) groups excluding carboxylic acids is 2. The maximum atomic E-state index is 13.6. The third kappa shape index (κ3) is 5.99. The van der Waals surface area contributed by atoms with Crippen molar-refractivity contribution in [2.45, 2.75) is 26.3 Å². The third-order valence-corrected chi connectivity index (χ3v) is 2.65. The minimum atomic E-state index is -0.636. The second-order valence-electron chi connectivity index (χ2n) is 5.71. The van der Waals surface area contributed by atoms with Crippen molar-refractivity contribution >= 4 is 29.2 Å². The molecule has 0 aliphatic heterocycles. The molecule has 0 atom stereocenters. The van der Waals surface area contributed by atoms with E-state index in [9.17, 15) is 14.0 Å². The molecule has 0 radical (unpaired) electrons. The lowest BCUT2D eigenvalue weighted by Crippen LogP contribution is -2.47. The predicted octanol–water partition coefficient (Wildman–Crippen LogP) is 2.86. The Morgan fingerprint density at radius 3 is 2.48 bits per heavy atom. The molecule has 0 heterocycles. The van der Waals surface area contributed by atoms with Crippen LogP contribution in [0.1, 0.15) is 20.8 Å². The molecule has 0 aliphatic rings. The number of carbonyl (C=O) groups is 2. The van der Waals surface area contributed by atoms with E-state index in [-0.39, 0.29) is 28.7 Å². The van der Waals surface area contributed by atoms with Crippen molar-refractivity contribution in [3.8, 4) is 0 Å². The van der Waals surface area contributed by atoms with Gasteiger partial charge in [0.1, 0.15) is 12.4 Å². The van der Waals surface area contributed by atoms with Crippen LogP contribution in [0.15, 0.2) is 18.2 Å². The Balaban J connectivity index is 2.61. The van der Waals surface area contributed by atoms with Gasteiger partial charge in [-0.1, -0.05) is 11.6 Å². The lowest BCUT2D eigenvalue weighted by Gasteiger charge is -2.23. The van der Waals surface area contributed by atoms with E-state index in [0.717, 1.165) is 11.0 Å². The van der Waals surface area contributed by atoms with Gasteiger partial charge in [0.15, 0.2) is 0 Å². The Bertz CT molecular complexity index is 544. The summed E-state index contributed by atoms with van der Waals surface area (Å²) < 4.78 is 13.6. The normalized spacial score (nSPS) is 11.0. The molecular weight excluding hydrogens is 297 g/mol. The summed E-state index contributed by atoms with van der Waals surface area (Å²) in [7, 11) is 1.45. The highest BCUT2D eigenvalue weighted by atomic mass is 35.5. The van der Waals surface area contributed by atoms with Crippen LogP contribution in [0.3, 0.4) is 0 Å². The number of hydrogen-bond acceptors (Lipinski definition) is 2. The molecule has 0 bridgehead atoms. The quantitative estimate of drug-likeness (QED) is 0.901. The number of hydrogen-bond donors (Lipinski definition) is 2. The van der Waals surface area contributed by atoms with Gasteiger partial charge < -0.3 is 15.5 Å². The Kier molecular flexibility index (Phi) is 5.54. The number of urea groups is 1. The van der Waals surface area contributed by atoms with E-state index in [2.05, 4.69) is 10.6 Å². The number of nitrogens with one attached hydrogen (secondary N) is 2. The predicted molar refractivity (Wildman–Crippen MR) is 81.0 cm³/mol. The number of rotatable bonds is 3. The lowest BCUT2D eigenvalue weighted by atomic mass is 10.1. The molecular formula is C14H19ClFN3O2. The molecule has 116 valence electrons. The molecule has 21 heavy (non-hydrogen) atoms. The smallest absolute Gasteiger partial charge is 0.322 e. The van der Waals surface area contributed by atoms with Crippen molar-refractivity contribution in [3.05, 3.63) is 29.0 Å². The number of amides is 3. The van der Waals surface area contributed by atoms with Crippen LogP contribution in [0.2, 0.25) is 5.02 Å². The van der Waals surface area contributed by atoms with Gasteiger partial charge in [-0.15, -0.1) is 0 Å². The van der Waals surface area contributed by atoms with Crippen LogP contribution in [0.4, 0.5) is 14.9 Å². The van der Waals surface area contributed by atoms with Crippen molar-refractivity contribution in [1.29, 1.82) is 0 Å². The van der Waals surface area contributed by atoms with E-state index in [1.807, 2.05) is 20.8 Å². The van der Waals surface area contributed by atoms with Gasteiger partial charge in [-0.25, -0.2) is 9.18 Å². The minimum Gasteiger partial charge on any atom is -0.350 e. The summed E-state index contributed by atoms with van der Waals surface area (Å²) in [6, 6.07) is 3.34. The van der Waals surface area contributed by atoms with Gasteiger partial charge in [0.2, 0.25) is 5.91 Å². The van der Waals surface area contributed by atoms with Crippen LogP contribution >= 0.6 is 11.6 Å². The molecule has 1 aromatic rings. The van der Waals surface area contributed by atoms with E-state index in [1.165, 1.54) is 19.2 Å². The van der Waals surface area contributed by atoms with E-state index in [1.54, 1.807) is 0 Å². The van der Waals surface area contributed by atoms with Crippen molar-refractivity contribution in [2.75, 3.05) is 18.9 Å². The second-order valence-corrected chi connectivity index (χ2v) is 6.14. The van der Waals surface area contributed by atoms with E-state index in [0.29, 0.717) is 0 Å². The fraction of sp³-hybridized carbons (Fsp3) is 0.429. The standard InChI is InChI=1S/C14H19ClFN3O2/c1-14(2,3)18-12(20)8-19(4)13(21)17-11-6-5-9(15)7-10(11)16/h5-7H,8H2,1-4H3,(H,17,21)(H,18,20). The van der Waals surface area contributed by atoms with Crippen LogP contribution in [-0.2, 0) is 4.79 Å². The van der Waals surface area contributed by atoms with Gasteiger partial charge in [-0.3, -0.25) is 4.79 Å². The first kappa shape index (κ1) is 17.2. The maximum Gasteiger partial charge on any atom is 0.322 e. The zero-order valence-corrected chi connectivity index (χ0v) is 13.2. The Morgan fingerprint density at radius 1 is 1.33 bits per heavy atom. The van der Waals surface area contributed by atoms with Crippen LogP contribution in [0.25, 0.3) is 0 Å². The second kappa shape index (κ2) is 6.76. The highest BCUT2D eigenvalue weighted by molar-refractivity contribution is 6.30. The molecule has 0 fully saturated rings. The van der Waals surface area contributed by atoms with Crippen LogP contribution < -0.4 is 10.6 Å². The SMILES string of the molecule is CN(CC(=O)NC(C)(C)C)C(=O)Nc1ccc(Cl)cc1F. The molecule has 2 N–H and O–H groups in total. The van der Waals surface area contributed by atoms with Crippen LogP contribution in [0.5, 0.6) is 0 Å². The monoisotopic (exact) mass is 315 g/mol. The number of halogens is 2. The Morgan fingerprint density at radius 2 is 1.95 bits per heavy atom. The number of anilines is 1. The largest absolute Gasteiger partial charge is 0.350 e. The van der Waals surface area contributed by atoms with Crippen LogP contribution in [0, 0.1) is 5.82 Å². The first-order valence-electron chi connectivity index (χ1n) is 6.36. The molecule has 7 heteroatoms. The average Bonchev–Trinajstić information content (AvgIpc) is 2.29. The summed E-state index contributed by atoms with van der Waals surface area (Å²) in [5.74, 6) is -0.930. The zero-order chi connectivity index (χ0) is 16.2. The van der Waals surface area contributed by atoms with Gasteiger partial charge in [0, 0.05) is 17.6 Å². The topological polar surface area (TPSA) is 61.4 Å². The summed E-state index contributed by atoms with van der Waals surface area (Å²) in [5.41, 5.74) is -0.371. The Labute approximate surface area is 128 Å². The van der Waals surface area contributed by atoms with Crippen molar-refractivity contribution in [1.82, 2.24) is 10.2 Å². The van der Waals surface area contributed by atoms with Gasteiger partial charge in [-0.2, -0.15) is 0 Å². The number of nitrogens with zero attached hydrogens (tertiary/aromatic N) is 1. The molecule has 0 aliphatic carbocycles. The number of likely N-dealkylation sites (N-methyl/N-ethyl adjacent to an activating group) is 1. The Hall–Kier alpha value is -1.82. The maximum absolute atomic E-state index is 13.6. The average molecular weight is 316 g/mol. The zero-order valence-electron chi connectivity index (χ0n) is 12.5. The molecule has 0 saturated carbocycles. The summed E-state index contributed by atoms with van der Waals surface area (Å²) in [5, 5.41) is 5.35. The minimum absolute atomic E-state index is 0.00693. The summed E-state index contributed by atoms with van der Waals surface area (Å²) in [4.78, 5) is 24.8. The van der Waals surface area contributed by atoms with Crippen molar-refractivity contribution in [3.63, 3.8) is 0 Å². The first-order valence-corrected chi connectivity index (χ1v) is 6.74. The lowest BCUT2D eigenvalue weighted by molar-refractivity contribution is -0.122. The highest BCUT2D eigenvalue weighted by Gasteiger charge is 2.18. The molecule has 0 saturated heterocycles. The molecule has 1 aromatic carbocycles. The molecule has 3 amide bonds. The van der Waals surface area contributed by atoms with E-state index < -0.39 is 11.8 Å². The first-order chi connectivity index (χ1) is 9.58. The molecule has 1 rings (SSSR count). The van der Waals surface area contributed by atoms with Crippen molar-refractivity contribution < 1.29 is 14.0 Å². The fourth-order valence-electron chi connectivity index (χ4n) is 1.55. The summed E-state index contributed by atoms with van der Waals surface area (Å²) >= 11 is 5.63. The molecule has 0 spiro atoms. The molecule has 5 nitrogen and oxygen atoms in total.